The normalized spacial score (nSPS) is 18.1. The smallest absolute Gasteiger partial charge is 0.328 e. The zero-order valence-corrected chi connectivity index (χ0v) is 21.9. The van der Waals surface area contributed by atoms with Gasteiger partial charge in [0.2, 0.25) is 5.88 Å². The van der Waals surface area contributed by atoms with Gasteiger partial charge in [0.05, 0.1) is 12.5 Å². The maximum Gasteiger partial charge on any atom is 0.328 e. The van der Waals surface area contributed by atoms with Crippen LogP contribution in [0.4, 0.5) is 11.4 Å². The van der Waals surface area contributed by atoms with E-state index >= 15 is 0 Å². The number of fused-ring (bicyclic) bond motifs is 1. The van der Waals surface area contributed by atoms with E-state index in [1.165, 1.54) is 7.11 Å². The van der Waals surface area contributed by atoms with E-state index in [2.05, 4.69) is 15.3 Å². The first-order valence-corrected chi connectivity index (χ1v) is 12.7. The van der Waals surface area contributed by atoms with Gasteiger partial charge in [-0.2, -0.15) is 0 Å². The Hall–Kier alpha value is -4.27. The maximum absolute atomic E-state index is 12.6. The van der Waals surface area contributed by atoms with Gasteiger partial charge in [0, 0.05) is 36.6 Å². The fourth-order valence-electron chi connectivity index (χ4n) is 5.21. The van der Waals surface area contributed by atoms with Gasteiger partial charge >= 0.3 is 5.97 Å². The van der Waals surface area contributed by atoms with Gasteiger partial charge in [0.15, 0.2) is 0 Å². The van der Waals surface area contributed by atoms with E-state index in [1.54, 1.807) is 24.5 Å². The van der Waals surface area contributed by atoms with E-state index in [9.17, 15) is 14.4 Å². The van der Waals surface area contributed by atoms with Crippen LogP contribution in [0.2, 0.25) is 0 Å². The second kappa shape index (κ2) is 10.2. The van der Waals surface area contributed by atoms with Crippen LogP contribution >= 0.6 is 0 Å². The highest BCUT2D eigenvalue weighted by Gasteiger charge is 2.36. The number of ether oxygens (including phenoxy) is 2. The molecule has 1 saturated heterocycles. The van der Waals surface area contributed by atoms with Crippen LogP contribution in [0.15, 0.2) is 58.4 Å². The maximum atomic E-state index is 12.6. The Morgan fingerprint density at radius 2 is 1.82 bits per heavy atom. The number of carbonyl (C=O) groups is 1. The summed E-state index contributed by atoms with van der Waals surface area (Å²) in [5.74, 6) is 0.532. The molecule has 1 N–H and O–H groups in total. The van der Waals surface area contributed by atoms with Crippen LogP contribution in [-0.4, -0.2) is 41.2 Å². The Kier molecular flexibility index (Phi) is 6.84. The average Bonchev–Trinajstić information content (AvgIpc) is 3.24. The fraction of sp³-hybridized carbons (Fsp3) is 0.345. The Balaban J connectivity index is 1.35. The lowest BCUT2D eigenvalue weighted by Crippen LogP contribution is -2.48. The SMILES string of the molecule is COC(=O)[C@H](Cc1ccc(Oc2nc(C)cc3ccncc23)cc1)Nc1c(N2[C@H](C)CC[C@@H]2C)c(=O)c1=O. The zero-order chi connectivity index (χ0) is 27.0. The van der Waals surface area contributed by atoms with Crippen LogP contribution in [0.3, 0.4) is 0 Å². The van der Waals surface area contributed by atoms with Crippen molar-refractivity contribution in [3.05, 3.63) is 80.5 Å². The number of pyridine rings is 2. The van der Waals surface area contributed by atoms with Gasteiger partial charge in [0.1, 0.15) is 23.2 Å². The minimum atomic E-state index is -0.838. The molecular formula is C29H30N4O5. The molecule has 3 atom stereocenters. The second-order valence-electron chi connectivity index (χ2n) is 9.90. The number of carbonyl (C=O) groups excluding carboxylic acids is 1. The van der Waals surface area contributed by atoms with Crippen LogP contribution in [0.25, 0.3) is 10.8 Å². The quantitative estimate of drug-likeness (QED) is 0.276. The lowest BCUT2D eigenvalue weighted by Gasteiger charge is -2.32. The number of esters is 1. The predicted octanol–water partition coefficient (Wildman–Crippen LogP) is 3.90. The molecule has 2 aromatic heterocycles. The number of benzene rings is 1. The number of aromatic nitrogens is 2. The lowest BCUT2D eigenvalue weighted by molar-refractivity contribution is -0.141. The Labute approximate surface area is 220 Å². The Morgan fingerprint density at radius 3 is 2.50 bits per heavy atom. The first kappa shape index (κ1) is 25.4. The summed E-state index contributed by atoms with van der Waals surface area (Å²) in [6, 6.07) is 10.6. The fourth-order valence-corrected chi connectivity index (χ4v) is 5.21. The van der Waals surface area contributed by atoms with Gasteiger partial charge < -0.3 is 19.7 Å². The molecule has 0 aliphatic carbocycles. The van der Waals surface area contributed by atoms with Crippen molar-refractivity contribution in [2.75, 3.05) is 17.3 Å². The minimum absolute atomic E-state index is 0.147. The molecular weight excluding hydrogens is 484 g/mol. The summed E-state index contributed by atoms with van der Waals surface area (Å²) in [6.07, 6.45) is 5.59. The van der Waals surface area contributed by atoms with E-state index in [0.29, 0.717) is 17.3 Å². The monoisotopic (exact) mass is 514 g/mol. The predicted molar refractivity (Wildman–Crippen MR) is 146 cm³/mol. The molecule has 1 aliphatic rings. The van der Waals surface area contributed by atoms with Crippen LogP contribution < -0.4 is 25.8 Å². The lowest BCUT2D eigenvalue weighted by atomic mass is 10.0. The average molecular weight is 515 g/mol. The van der Waals surface area contributed by atoms with Crippen LogP contribution in [0, 0.1) is 6.92 Å². The Bertz CT molecular complexity index is 1550. The molecule has 5 rings (SSSR count). The molecule has 38 heavy (non-hydrogen) atoms. The Morgan fingerprint density at radius 1 is 1.11 bits per heavy atom. The van der Waals surface area contributed by atoms with E-state index in [1.807, 2.05) is 49.9 Å². The van der Waals surface area contributed by atoms with Crippen molar-refractivity contribution in [1.82, 2.24) is 9.97 Å². The standard InChI is InChI=1S/C29H30N4O5/c1-16-13-20-11-12-30-15-22(20)28(31-16)38-21-9-7-19(8-10-21)14-23(29(36)37-4)32-24-25(27(35)26(24)34)33-17(2)5-6-18(33)3/h7-13,15,17-18,23,32H,5-6,14H2,1-4H3/t17-,18+,23-/m0/s1. The van der Waals surface area contributed by atoms with Crippen molar-refractivity contribution in [2.24, 2.45) is 0 Å². The number of anilines is 2. The summed E-state index contributed by atoms with van der Waals surface area (Å²) in [5.41, 5.74) is 1.11. The largest absolute Gasteiger partial charge is 0.467 e. The van der Waals surface area contributed by atoms with Crippen LogP contribution in [0.1, 0.15) is 37.9 Å². The molecule has 196 valence electrons. The molecule has 0 spiro atoms. The van der Waals surface area contributed by atoms with E-state index < -0.39 is 22.9 Å². The molecule has 0 saturated carbocycles. The highest BCUT2D eigenvalue weighted by atomic mass is 16.5. The highest BCUT2D eigenvalue weighted by molar-refractivity contribution is 5.86. The topological polar surface area (TPSA) is 111 Å². The number of nitrogens with zero attached hydrogens (tertiary/aromatic N) is 3. The summed E-state index contributed by atoms with van der Waals surface area (Å²) in [7, 11) is 1.30. The molecule has 0 amide bonds. The number of hydrogen-bond acceptors (Lipinski definition) is 9. The van der Waals surface area contributed by atoms with E-state index in [0.717, 1.165) is 34.9 Å². The summed E-state index contributed by atoms with van der Waals surface area (Å²) >= 11 is 0. The van der Waals surface area contributed by atoms with Crippen LogP contribution in [0.5, 0.6) is 11.6 Å². The minimum Gasteiger partial charge on any atom is -0.467 e. The number of nitrogens with one attached hydrogen (secondary N) is 1. The molecule has 0 unspecified atom stereocenters. The van der Waals surface area contributed by atoms with Crippen molar-refractivity contribution < 1.29 is 14.3 Å². The molecule has 1 fully saturated rings. The molecule has 4 aromatic rings. The molecule has 9 heteroatoms. The summed E-state index contributed by atoms with van der Waals surface area (Å²) in [4.78, 5) is 48.3. The van der Waals surface area contributed by atoms with Crippen molar-refractivity contribution in [3.63, 3.8) is 0 Å². The van der Waals surface area contributed by atoms with Gasteiger partial charge in [-0.1, -0.05) is 12.1 Å². The zero-order valence-electron chi connectivity index (χ0n) is 21.9. The summed E-state index contributed by atoms with van der Waals surface area (Å²) < 4.78 is 11.1. The van der Waals surface area contributed by atoms with E-state index in [-0.39, 0.29) is 24.2 Å². The molecule has 0 radical (unpaired) electrons. The van der Waals surface area contributed by atoms with Crippen molar-refractivity contribution in [1.29, 1.82) is 0 Å². The molecule has 0 bridgehead atoms. The van der Waals surface area contributed by atoms with Gasteiger partial charge in [-0.05, 0) is 68.8 Å². The van der Waals surface area contributed by atoms with E-state index in [4.69, 9.17) is 9.47 Å². The number of hydrogen-bond donors (Lipinski definition) is 1. The summed E-state index contributed by atoms with van der Waals surface area (Å²) in [6.45, 7) is 5.98. The molecule has 9 nitrogen and oxygen atoms in total. The van der Waals surface area contributed by atoms with Gasteiger partial charge in [0.25, 0.3) is 10.9 Å². The van der Waals surface area contributed by atoms with Crippen molar-refractivity contribution >= 4 is 28.1 Å². The van der Waals surface area contributed by atoms with Gasteiger partial charge in [-0.25, -0.2) is 9.78 Å². The van der Waals surface area contributed by atoms with Gasteiger partial charge in [-0.15, -0.1) is 0 Å². The number of aryl methyl sites for hydroxylation is 1. The third kappa shape index (κ3) is 4.71. The molecule has 1 aliphatic heterocycles. The van der Waals surface area contributed by atoms with Crippen molar-refractivity contribution in [3.8, 4) is 11.6 Å². The third-order valence-electron chi connectivity index (χ3n) is 7.20. The molecule has 2 aromatic carbocycles. The van der Waals surface area contributed by atoms with Crippen LogP contribution in [-0.2, 0) is 16.0 Å². The molecule has 3 heterocycles. The highest BCUT2D eigenvalue weighted by Crippen LogP contribution is 2.33. The first-order chi connectivity index (χ1) is 18.3. The summed E-state index contributed by atoms with van der Waals surface area (Å²) in [5, 5.41) is 4.82. The first-order valence-electron chi connectivity index (χ1n) is 12.7. The number of methoxy groups -OCH3 is 1. The van der Waals surface area contributed by atoms with Crippen molar-refractivity contribution in [2.45, 2.75) is 58.2 Å². The van der Waals surface area contributed by atoms with Gasteiger partial charge in [-0.3, -0.25) is 14.6 Å². The second-order valence-corrected chi connectivity index (χ2v) is 9.90. The number of rotatable bonds is 8. The third-order valence-corrected chi connectivity index (χ3v) is 7.20.